The van der Waals surface area contributed by atoms with Gasteiger partial charge in [-0.3, -0.25) is 0 Å². The lowest BCUT2D eigenvalue weighted by molar-refractivity contribution is 0.378. The van der Waals surface area contributed by atoms with Crippen molar-refractivity contribution in [2.45, 2.75) is 33.2 Å². The number of fused-ring (bicyclic) bond motifs is 1. The van der Waals surface area contributed by atoms with Gasteiger partial charge in [0.15, 0.2) is 0 Å². The van der Waals surface area contributed by atoms with Gasteiger partial charge in [-0.25, -0.2) is 9.97 Å². The molecule has 0 saturated carbocycles. The molecular formula is C14H20N4S. The predicted octanol–water partition coefficient (Wildman–Crippen LogP) is 2.72. The van der Waals surface area contributed by atoms with Crippen molar-refractivity contribution < 1.29 is 0 Å². The van der Waals surface area contributed by atoms with E-state index in [1.807, 2.05) is 6.92 Å². The number of piperidine rings is 1. The summed E-state index contributed by atoms with van der Waals surface area (Å²) in [5.41, 5.74) is 1.26. The topological polar surface area (TPSA) is 49.8 Å². The second-order valence-electron chi connectivity index (χ2n) is 5.56. The Bertz CT molecular complexity index is 592. The van der Waals surface area contributed by atoms with E-state index >= 15 is 0 Å². The molecule has 4 nitrogen and oxygen atoms in total. The molecular weight excluding hydrogens is 256 g/mol. The average molecular weight is 276 g/mol. The third kappa shape index (κ3) is 2.58. The fourth-order valence-corrected chi connectivity index (χ4v) is 3.72. The summed E-state index contributed by atoms with van der Waals surface area (Å²) in [7, 11) is 0. The minimum atomic E-state index is 0.459. The zero-order valence-electron chi connectivity index (χ0n) is 11.7. The molecule has 5 heteroatoms. The van der Waals surface area contributed by atoms with Crippen molar-refractivity contribution in [2.24, 2.45) is 5.92 Å². The molecule has 2 atom stereocenters. The fraction of sp³-hybridized carbons (Fsp3) is 0.571. The molecule has 0 bridgehead atoms. The van der Waals surface area contributed by atoms with Gasteiger partial charge in [0.1, 0.15) is 16.5 Å². The van der Waals surface area contributed by atoms with Crippen molar-refractivity contribution in [2.75, 3.05) is 18.4 Å². The zero-order valence-corrected chi connectivity index (χ0v) is 12.5. The summed E-state index contributed by atoms with van der Waals surface area (Å²) in [4.78, 5) is 10.2. The lowest BCUT2D eigenvalue weighted by atomic mass is 9.97. The van der Waals surface area contributed by atoms with Gasteiger partial charge in [-0.1, -0.05) is 6.92 Å². The second-order valence-corrected chi connectivity index (χ2v) is 6.42. The smallest absolute Gasteiger partial charge is 0.139 e. The van der Waals surface area contributed by atoms with Crippen LogP contribution in [0.2, 0.25) is 0 Å². The van der Waals surface area contributed by atoms with Crippen molar-refractivity contribution in [1.29, 1.82) is 0 Å². The molecule has 1 saturated heterocycles. The Hall–Kier alpha value is -1.20. The molecule has 0 unspecified atom stereocenters. The highest BCUT2D eigenvalue weighted by Gasteiger charge is 2.20. The molecule has 2 aromatic heterocycles. The van der Waals surface area contributed by atoms with Crippen molar-refractivity contribution in [3.8, 4) is 0 Å². The number of aromatic nitrogens is 2. The van der Waals surface area contributed by atoms with Gasteiger partial charge in [0, 0.05) is 12.6 Å². The Labute approximate surface area is 117 Å². The van der Waals surface area contributed by atoms with E-state index in [1.54, 1.807) is 11.3 Å². The SMILES string of the molecule is Cc1nc(N[C@@H]2CNC[C@@H](C)C2)c2c(C)csc2n1. The van der Waals surface area contributed by atoms with E-state index in [2.05, 4.69) is 39.8 Å². The van der Waals surface area contributed by atoms with Crippen LogP contribution in [0.25, 0.3) is 10.2 Å². The quantitative estimate of drug-likeness (QED) is 0.885. The van der Waals surface area contributed by atoms with Gasteiger partial charge < -0.3 is 10.6 Å². The summed E-state index contributed by atoms with van der Waals surface area (Å²) in [6, 6.07) is 0.459. The number of hydrogen-bond donors (Lipinski definition) is 2. The molecule has 0 aliphatic carbocycles. The molecule has 3 rings (SSSR count). The third-order valence-corrected chi connectivity index (χ3v) is 4.63. The summed E-state index contributed by atoms with van der Waals surface area (Å²) in [5.74, 6) is 2.56. The summed E-state index contributed by atoms with van der Waals surface area (Å²) < 4.78 is 0. The van der Waals surface area contributed by atoms with E-state index in [9.17, 15) is 0 Å². The Kier molecular flexibility index (Phi) is 3.41. The minimum Gasteiger partial charge on any atom is -0.365 e. The molecule has 102 valence electrons. The van der Waals surface area contributed by atoms with Gasteiger partial charge in [-0.05, 0) is 43.7 Å². The first-order valence-electron chi connectivity index (χ1n) is 6.83. The van der Waals surface area contributed by atoms with Crippen LogP contribution in [0, 0.1) is 19.8 Å². The predicted molar refractivity (Wildman–Crippen MR) is 81.0 cm³/mol. The lowest BCUT2D eigenvalue weighted by Crippen LogP contribution is -2.42. The second kappa shape index (κ2) is 5.06. The highest BCUT2D eigenvalue weighted by Crippen LogP contribution is 2.30. The lowest BCUT2D eigenvalue weighted by Gasteiger charge is -2.29. The Balaban J connectivity index is 1.93. The molecule has 2 N–H and O–H groups in total. The van der Waals surface area contributed by atoms with Crippen LogP contribution in [0.1, 0.15) is 24.7 Å². The first-order valence-corrected chi connectivity index (χ1v) is 7.71. The van der Waals surface area contributed by atoms with Crippen LogP contribution >= 0.6 is 11.3 Å². The fourth-order valence-electron chi connectivity index (χ4n) is 2.75. The zero-order chi connectivity index (χ0) is 13.4. The number of nitrogens with one attached hydrogen (secondary N) is 2. The summed E-state index contributed by atoms with van der Waals surface area (Å²) in [5, 5.41) is 10.4. The maximum atomic E-state index is 4.61. The van der Waals surface area contributed by atoms with Crippen LogP contribution in [-0.2, 0) is 0 Å². The number of thiophene rings is 1. The van der Waals surface area contributed by atoms with E-state index in [0.29, 0.717) is 12.0 Å². The van der Waals surface area contributed by atoms with E-state index in [0.717, 1.165) is 29.6 Å². The average Bonchev–Trinajstić information content (AvgIpc) is 2.71. The van der Waals surface area contributed by atoms with Crippen LogP contribution in [0.4, 0.5) is 5.82 Å². The number of anilines is 1. The van der Waals surface area contributed by atoms with Gasteiger partial charge in [-0.15, -0.1) is 11.3 Å². The molecule has 0 spiro atoms. The van der Waals surface area contributed by atoms with E-state index in [4.69, 9.17) is 0 Å². The van der Waals surface area contributed by atoms with Crippen LogP contribution in [-0.4, -0.2) is 29.1 Å². The number of aryl methyl sites for hydroxylation is 2. The number of rotatable bonds is 2. The van der Waals surface area contributed by atoms with Crippen molar-refractivity contribution in [3.05, 3.63) is 16.8 Å². The van der Waals surface area contributed by atoms with Crippen molar-refractivity contribution >= 4 is 27.4 Å². The molecule has 3 heterocycles. The molecule has 2 aromatic rings. The van der Waals surface area contributed by atoms with Gasteiger partial charge in [0.2, 0.25) is 0 Å². The highest BCUT2D eigenvalue weighted by atomic mass is 32.1. The van der Waals surface area contributed by atoms with Crippen LogP contribution in [0.3, 0.4) is 0 Å². The minimum absolute atomic E-state index is 0.459. The van der Waals surface area contributed by atoms with Crippen LogP contribution in [0.5, 0.6) is 0 Å². The number of hydrogen-bond acceptors (Lipinski definition) is 5. The largest absolute Gasteiger partial charge is 0.365 e. The van der Waals surface area contributed by atoms with E-state index in [1.165, 1.54) is 17.4 Å². The van der Waals surface area contributed by atoms with Gasteiger partial charge in [-0.2, -0.15) is 0 Å². The third-order valence-electron chi connectivity index (χ3n) is 3.64. The van der Waals surface area contributed by atoms with E-state index < -0.39 is 0 Å². The highest BCUT2D eigenvalue weighted by molar-refractivity contribution is 7.17. The molecule has 1 aliphatic heterocycles. The monoisotopic (exact) mass is 276 g/mol. The first kappa shape index (κ1) is 12.8. The maximum Gasteiger partial charge on any atom is 0.139 e. The van der Waals surface area contributed by atoms with Gasteiger partial charge in [0.05, 0.1) is 5.39 Å². The summed E-state index contributed by atoms with van der Waals surface area (Å²) in [6.07, 6.45) is 1.20. The standard InChI is InChI=1S/C14H20N4S/c1-8-4-11(6-15-5-8)18-13-12-9(2)7-19-14(12)17-10(3)16-13/h7-8,11,15H,4-6H2,1-3H3,(H,16,17,18)/t8-,11-/m0/s1. The van der Waals surface area contributed by atoms with Crippen LogP contribution in [0.15, 0.2) is 5.38 Å². The molecule has 1 fully saturated rings. The van der Waals surface area contributed by atoms with Crippen molar-refractivity contribution in [3.63, 3.8) is 0 Å². The normalized spacial score (nSPS) is 23.7. The molecule has 19 heavy (non-hydrogen) atoms. The van der Waals surface area contributed by atoms with E-state index in [-0.39, 0.29) is 0 Å². The molecule has 0 amide bonds. The Morgan fingerprint density at radius 2 is 2.16 bits per heavy atom. The molecule has 1 aliphatic rings. The molecule has 0 radical (unpaired) electrons. The van der Waals surface area contributed by atoms with Crippen molar-refractivity contribution in [1.82, 2.24) is 15.3 Å². The summed E-state index contributed by atoms with van der Waals surface area (Å²) in [6.45, 7) is 8.51. The Morgan fingerprint density at radius 1 is 1.32 bits per heavy atom. The Morgan fingerprint density at radius 3 is 2.95 bits per heavy atom. The van der Waals surface area contributed by atoms with Gasteiger partial charge in [0.25, 0.3) is 0 Å². The summed E-state index contributed by atoms with van der Waals surface area (Å²) >= 11 is 1.70. The molecule has 0 aromatic carbocycles. The maximum absolute atomic E-state index is 4.61. The number of nitrogens with zero attached hydrogens (tertiary/aromatic N) is 2. The first-order chi connectivity index (χ1) is 9.13. The van der Waals surface area contributed by atoms with Crippen LogP contribution < -0.4 is 10.6 Å². The van der Waals surface area contributed by atoms with Gasteiger partial charge >= 0.3 is 0 Å².